The largest absolute Gasteiger partial charge is 0.484 e. The van der Waals surface area contributed by atoms with Crippen LogP contribution in [-0.2, 0) is 12.8 Å². The van der Waals surface area contributed by atoms with Crippen LogP contribution >= 0.6 is 22.9 Å². The SMILES string of the molecule is NC(=O)c1sc2nc(C(F)(F)F)cc(-c3ccco3)c2c1NC(=O)c1ccc(COc2cc([N+](=O)[O-])ccc2Cl)o1. The number of thiophene rings is 1. The van der Waals surface area contributed by atoms with E-state index in [1.54, 1.807) is 0 Å². The number of anilines is 1. The molecular formula is C25H14ClF3N4O7S. The van der Waals surface area contributed by atoms with Crippen LogP contribution in [0.2, 0.25) is 5.02 Å². The number of nitrogens with zero attached hydrogens (tertiary/aromatic N) is 2. The van der Waals surface area contributed by atoms with Crippen LogP contribution in [0.15, 0.2) is 63.6 Å². The van der Waals surface area contributed by atoms with Crippen molar-refractivity contribution in [3.8, 4) is 17.1 Å². The van der Waals surface area contributed by atoms with Crippen LogP contribution in [0.1, 0.15) is 31.7 Å². The van der Waals surface area contributed by atoms with Crippen LogP contribution in [-0.4, -0.2) is 21.7 Å². The second-order valence-electron chi connectivity index (χ2n) is 8.26. The maximum absolute atomic E-state index is 13.6. The fourth-order valence-corrected chi connectivity index (χ4v) is 4.96. The van der Waals surface area contributed by atoms with Gasteiger partial charge in [0.1, 0.15) is 39.3 Å². The number of nitrogens with two attached hydrogens (primary N) is 1. The molecule has 16 heteroatoms. The number of pyridine rings is 1. The normalized spacial score (nSPS) is 11.5. The standard InChI is InChI=1S/C25H14ClF3N4O7S/c26-14-5-3-11(33(36)37)8-17(14)39-10-12-4-6-16(40-12)23(35)32-20-19-13(15-2-1-7-38-15)9-18(25(27,28)29)31-24(19)41-21(20)22(30)34/h1-9H,10H2,(H2,30,34)(H,32,35). The number of nitro benzene ring substituents is 1. The molecule has 0 fully saturated rings. The number of furan rings is 2. The maximum atomic E-state index is 13.6. The van der Waals surface area contributed by atoms with Gasteiger partial charge in [0.15, 0.2) is 5.76 Å². The molecule has 0 saturated heterocycles. The molecule has 0 atom stereocenters. The summed E-state index contributed by atoms with van der Waals surface area (Å²) in [6.07, 6.45) is -3.56. The summed E-state index contributed by atoms with van der Waals surface area (Å²) in [7, 11) is 0. The molecule has 3 N–H and O–H groups in total. The minimum Gasteiger partial charge on any atom is -0.484 e. The van der Waals surface area contributed by atoms with Crippen LogP contribution in [0.4, 0.5) is 24.5 Å². The van der Waals surface area contributed by atoms with E-state index in [2.05, 4.69) is 10.3 Å². The molecule has 5 aromatic rings. The number of amides is 2. The molecule has 0 radical (unpaired) electrons. The summed E-state index contributed by atoms with van der Waals surface area (Å²) < 4.78 is 57.0. The van der Waals surface area contributed by atoms with Crippen molar-refractivity contribution in [1.82, 2.24) is 4.98 Å². The molecule has 0 aliphatic rings. The topological polar surface area (TPSA) is 164 Å². The molecule has 11 nitrogen and oxygen atoms in total. The highest BCUT2D eigenvalue weighted by Gasteiger charge is 2.35. The van der Waals surface area contributed by atoms with Crippen molar-refractivity contribution < 1.29 is 41.3 Å². The van der Waals surface area contributed by atoms with E-state index in [0.717, 1.165) is 12.1 Å². The second kappa shape index (κ2) is 10.6. The number of hydrogen-bond acceptors (Lipinski definition) is 9. The Balaban J connectivity index is 1.46. The van der Waals surface area contributed by atoms with Gasteiger partial charge in [-0.2, -0.15) is 13.2 Å². The van der Waals surface area contributed by atoms with Gasteiger partial charge in [0.05, 0.1) is 28.0 Å². The van der Waals surface area contributed by atoms with E-state index in [-0.39, 0.29) is 66.7 Å². The van der Waals surface area contributed by atoms with Gasteiger partial charge in [-0.15, -0.1) is 11.3 Å². The van der Waals surface area contributed by atoms with Crippen molar-refractivity contribution in [2.75, 3.05) is 5.32 Å². The number of aromatic nitrogens is 1. The van der Waals surface area contributed by atoms with E-state index in [1.807, 2.05) is 0 Å². The number of hydrogen-bond donors (Lipinski definition) is 2. The number of fused-ring (bicyclic) bond motifs is 1. The van der Waals surface area contributed by atoms with Crippen molar-refractivity contribution in [3.63, 3.8) is 0 Å². The molecule has 210 valence electrons. The molecule has 1 aromatic carbocycles. The van der Waals surface area contributed by atoms with Gasteiger partial charge in [-0.05, 0) is 36.4 Å². The molecule has 41 heavy (non-hydrogen) atoms. The smallest absolute Gasteiger partial charge is 0.433 e. The summed E-state index contributed by atoms with van der Waals surface area (Å²) in [5.41, 5.74) is 3.75. The molecule has 4 heterocycles. The van der Waals surface area contributed by atoms with Gasteiger partial charge >= 0.3 is 6.18 Å². The second-order valence-corrected chi connectivity index (χ2v) is 9.67. The highest BCUT2D eigenvalue weighted by atomic mass is 35.5. The third-order valence-corrected chi connectivity index (χ3v) is 6.99. The number of carbonyl (C=O) groups excluding carboxylic acids is 2. The Morgan fingerprint density at radius 1 is 1.20 bits per heavy atom. The summed E-state index contributed by atoms with van der Waals surface area (Å²) in [6.45, 7) is -0.255. The Labute approximate surface area is 235 Å². The van der Waals surface area contributed by atoms with Crippen LogP contribution < -0.4 is 15.8 Å². The van der Waals surface area contributed by atoms with Gasteiger partial charge in [-0.3, -0.25) is 19.7 Å². The Kier molecular flexibility index (Phi) is 7.15. The Hall–Kier alpha value is -4.89. The summed E-state index contributed by atoms with van der Waals surface area (Å²) in [4.78, 5) is 38.9. The average molecular weight is 607 g/mol. The fraction of sp³-hybridized carbons (Fsp3) is 0.0800. The van der Waals surface area contributed by atoms with Crippen LogP contribution in [0.5, 0.6) is 5.75 Å². The zero-order valence-electron chi connectivity index (χ0n) is 20.2. The number of alkyl halides is 3. The van der Waals surface area contributed by atoms with E-state index in [1.165, 1.54) is 42.7 Å². The molecule has 5 rings (SSSR count). The molecular weight excluding hydrogens is 593 g/mol. The number of non-ortho nitro benzene ring substituents is 1. The van der Waals surface area contributed by atoms with E-state index in [0.29, 0.717) is 11.3 Å². The van der Waals surface area contributed by atoms with Gasteiger partial charge in [0.2, 0.25) is 0 Å². The summed E-state index contributed by atoms with van der Waals surface area (Å²) in [5, 5.41) is 13.6. The van der Waals surface area contributed by atoms with Crippen LogP contribution in [0.25, 0.3) is 21.5 Å². The van der Waals surface area contributed by atoms with E-state index < -0.39 is 28.6 Å². The van der Waals surface area contributed by atoms with Crippen molar-refractivity contribution in [3.05, 3.63) is 92.0 Å². The number of benzene rings is 1. The number of nitrogens with one attached hydrogen (secondary N) is 1. The lowest BCUT2D eigenvalue weighted by Crippen LogP contribution is -2.16. The number of ether oxygens (including phenoxy) is 1. The first-order valence-corrected chi connectivity index (χ1v) is 12.5. The van der Waals surface area contributed by atoms with Gasteiger partial charge in [-0.1, -0.05) is 11.6 Å². The van der Waals surface area contributed by atoms with Crippen molar-refractivity contribution in [2.45, 2.75) is 12.8 Å². The Morgan fingerprint density at radius 2 is 1.98 bits per heavy atom. The molecule has 0 unspecified atom stereocenters. The average Bonchev–Trinajstić information content (AvgIpc) is 3.67. The lowest BCUT2D eigenvalue weighted by molar-refractivity contribution is -0.384. The lowest BCUT2D eigenvalue weighted by Gasteiger charge is -2.10. The number of rotatable bonds is 8. The van der Waals surface area contributed by atoms with Crippen molar-refractivity contribution >= 4 is 56.3 Å². The molecule has 0 aliphatic carbocycles. The molecule has 0 saturated carbocycles. The van der Waals surface area contributed by atoms with E-state index >= 15 is 0 Å². The van der Waals surface area contributed by atoms with Crippen LogP contribution in [0.3, 0.4) is 0 Å². The van der Waals surface area contributed by atoms with Crippen molar-refractivity contribution in [1.29, 1.82) is 0 Å². The molecule has 0 spiro atoms. The van der Waals surface area contributed by atoms with Gasteiger partial charge in [-0.25, -0.2) is 4.98 Å². The number of primary amides is 1. The molecule has 4 aromatic heterocycles. The Bertz CT molecular complexity index is 1820. The van der Waals surface area contributed by atoms with Gasteiger partial charge in [0.25, 0.3) is 17.5 Å². The first kappa shape index (κ1) is 27.7. The minimum atomic E-state index is -4.81. The molecule has 0 bridgehead atoms. The summed E-state index contributed by atoms with van der Waals surface area (Å²) >= 11 is 6.59. The van der Waals surface area contributed by atoms with E-state index in [4.69, 9.17) is 30.9 Å². The zero-order valence-corrected chi connectivity index (χ0v) is 21.7. The highest BCUT2D eigenvalue weighted by molar-refractivity contribution is 7.21. The third kappa shape index (κ3) is 5.57. The number of nitro groups is 1. The Morgan fingerprint density at radius 3 is 2.63 bits per heavy atom. The van der Waals surface area contributed by atoms with Gasteiger partial charge < -0.3 is 24.6 Å². The molecule has 2 amide bonds. The predicted molar refractivity (Wildman–Crippen MR) is 140 cm³/mol. The summed E-state index contributed by atoms with van der Waals surface area (Å²) in [5.74, 6) is -1.94. The number of halogens is 4. The minimum absolute atomic E-state index is 0.00953. The number of carbonyl (C=O) groups is 2. The first-order chi connectivity index (χ1) is 19.4. The monoisotopic (exact) mass is 606 g/mol. The first-order valence-electron chi connectivity index (χ1n) is 11.3. The van der Waals surface area contributed by atoms with Crippen LogP contribution in [0, 0.1) is 10.1 Å². The van der Waals surface area contributed by atoms with E-state index in [9.17, 15) is 32.9 Å². The fourth-order valence-electron chi connectivity index (χ4n) is 3.78. The van der Waals surface area contributed by atoms with Crippen molar-refractivity contribution in [2.24, 2.45) is 5.73 Å². The summed E-state index contributed by atoms with van der Waals surface area (Å²) in [6, 6.07) is 9.92. The zero-order chi connectivity index (χ0) is 29.5. The third-order valence-electron chi connectivity index (χ3n) is 5.58. The lowest BCUT2D eigenvalue weighted by atomic mass is 10.1. The van der Waals surface area contributed by atoms with Gasteiger partial charge in [0, 0.05) is 17.0 Å². The maximum Gasteiger partial charge on any atom is 0.433 e. The predicted octanol–water partition coefficient (Wildman–Crippen LogP) is 6.66. The quantitative estimate of drug-likeness (QED) is 0.146. The highest BCUT2D eigenvalue weighted by Crippen LogP contribution is 2.44. The molecule has 0 aliphatic heterocycles.